The third-order valence-corrected chi connectivity index (χ3v) is 3.52. The van der Waals surface area contributed by atoms with Crippen molar-refractivity contribution in [2.75, 3.05) is 6.26 Å². The number of halogens is 1. The van der Waals surface area contributed by atoms with Crippen LogP contribution >= 0.6 is 0 Å². The third kappa shape index (κ3) is 2.66. The number of hydrogen-bond acceptors (Lipinski definition) is 3. The minimum atomic E-state index is -3.62. The van der Waals surface area contributed by atoms with Gasteiger partial charge in [-0.05, 0) is 17.5 Å². The van der Waals surface area contributed by atoms with Gasteiger partial charge in [0.2, 0.25) is 0 Å². The predicted octanol–water partition coefficient (Wildman–Crippen LogP) is 1.92. The zero-order chi connectivity index (χ0) is 12.3. The van der Waals surface area contributed by atoms with Gasteiger partial charge in [-0.2, -0.15) is 0 Å². The lowest BCUT2D eigenvalue weighted by molar-refractivity contribution is -0.108. The van der Waals surface area contributed by atoms with Crippen LogP contribution in [0.4, 0.5) is 4.39 Å². The summed E-state index contributed by atoms with van der Waals surface area (Å²) in [5.74, 6) is -1.07. The molecule has 1 atom stereocenters. The average Bonchev–Trinajstić information content (AvgIpc) is 2.15. The van der Waals surface area contributed by atoms with Gasteiger partial charge in [0.1, 0.15) is 17.0 Å². The number of hydrogen-bond donors (Lipinski definition) is 0. The Hall–Kier alpha value is -1.23. The van der Waals surface area contributed by atoms with Gasteiger partial charge in [0.15, 0.2) is 9.84 Å². The first-order chi connectivity index (χ1) is 7.38. The highest BCUT2D eigenvalue weighted by molar-refractivity contribution is 7.90. The van der Waals surface area contributed by atoms with E-state index in [9.17, 15) is 17.6 Å². The molecule has 3 nitrogen and oxygen atoms in total. The largest absolute Gasteiger partial charge is 0.303 e. The van der Waals surface area contributed by atoms with Gasteiger partial charge in [-0.25, -0.2) is 12.8 Å². The zero-order valence-corrected chi connectivity index (χ0v) is 9.92. The maximum absolute atomic E-state index is 13.5. The van der Waals surface area contributed by atoms with Gasteiger partial charge in [-0.15, -0.1) is 0 Å². The van der Waals surface area contributed by atoms with Crippen LogP contribution in [0.5, 0.6) is 0 Å². The van der Waals surface area contributed by atoms with Crippen molar-refractivity contribution in [3.05, 3.63) is 29.6 Å². The molecule has 0 aliphatic rings. The maximum Gasteiger partial charge on any atom is 0.178 e. The lowest BCUT2D eigenvalue weighted by Crippen LogP contribution is -2.08. The highest BCUT2D eigenvalue weighted by Gasteiger charge is 2.21. The fourth-order valence-electron chi connectivity index (χ4n) is 1.58. The Morgan fingerprint density at radius 3 is 2.56 bits per heavy atom. The molecule has 1 aromatic carbocycles. The number of carbonyl (C=O) groups is 1. The highest BCUT2D eigenvalue weighted by Crippen LogP contribution is 2.27. The van der Waals surface area contributed by atoms with Crippen molar-refractivity contribution in [3.8, 4) is 0 Å². The Morgan fingerprint density at radius 2 is 2.06 bits per heavy atom. The van der Waals surface area contributed by atoms with Gasteiger partial charge < -0.3 is 4.79 Å². The number of carbonyl (C=O) groups excluding carboxylic acids is 1. The van der Waals surface area contributed by atoms with Gasteiger partial charge in [0.05, 0.1) is 0 Å². The Balaban J connectivity index is 3.40. The van der Waals surface area contributed by atoms with E-state index >= 15 is 0 Å². The molecule has 1 rings (SSSR count). The monoisotopic (exact) mass is 244 g/mol. The summed E-state index contributed by atoms with van der Waals surface area (Å²) in [5, 5.41) is 0. The number of benzene rings is 1. The molecule has 88 valence electrons. The Labute approximate surface area is 94.2 Å². The van der Waals surface area contributed by atoms with Crippen molar-refractivity contribution in [1.29, 1.82) is 0 Å². The van der Waals surface area contributed by atoms with Crippen LogP contribution in [-0.2, 0) is 14.6 Å². The zero-order valence-electron chi connectivity index (χ0n) is 9.10. The fourth-order valence-corrected chi connectivity index (χ4v) is 2.70. The van der Waals surface area contributed by atoms with Crippen molar-refractivity contribution in [2.24, 2.45) is 0 Å². The fraction of sp³-hybridized carbons (Fsp3) is 0.364. The molecular formula is C11H13FO3S. The lowest BCUT2D eigenvalue weighted by Gasteiger charge is -2.13. The Morgan fingerprint density at radius 1 is 1.44 bits per heavy atom. The van der Waals surface area contributed by atoms with E-state index in [4.69, 9.17) is 0 Å². The van der Waals surface area contributed by atoms with Crippen LogP contribution in [0, 0.1) is 5.82 Å². The van der Waals surface area contributed by atoms with Gasteiger partial charge >= 0.3 is 0 Å². The Kier molecular flexibility index (Phi) is 3.80. The van der Waals surface area contributed by atoms with E-state index in [-0.39, 0.29) is 17.2 Å². The second kappa shape index (κ2) is 4.74. The molecular weight excluding hydrogens is 231 g/mol. The van der Waals surface area contributed by atoms with E-state index in [0.717, 1.165) is 12.3 Å². The summed E-state index contributed by atoms with van der Waals surface area (Å²) >= 11 is 0. The maximum atomic E-state index is 13.5. The van der Waals surface area contributed by atoms with Crippen LogP contribution < -0.4 is 0 Å². The molecule has 0 saturated carbocycles. The molecule has 0 saturated heterocycles. The molecule has 0 amide bonds. The van der Waals surface area contributed by atoms with E-state index in [2.05, 4.69) is 0 Å². The number of aldehydes is 1. The quantitative estimate of drug-likeness (QED) is 0.760. The van der Waals surface area contributed by atoms with Crippen molar-refractivity contribution >= 4 is 16.1 Å². The molecule has 0 aromatic heterocycles. The van der Waals surface area contributed by atoms with Gasteiger partial charge in [0.25, 0.3) is 0 Å². The van der Waals surface area contributed by atoms with Gasteiger partial charge in [-0.1, -0.05) is 19.1 Å². The first-order valence-corrected chi connectivity index (χ1v) is 6.69. The minimum absolute atomic E-state index is 0.173. The van der Waals surface area contributed by atoms with Gasteiger partial charge in [-0.3, -0.25) is 0 Å². The third-order valence-electron chi connectivity index (χ3n) is 2.35. The van der Waals surface area contributed by atoms with Crippen molar-refractivity contribution < 1.29 is 17.6 Å². The van der Waals surface area contributed by atoms with Crippen molar-refractivity contribution in [1.82, 2.24) is 0 Å². The summed E-state index contributed by atoms with van der Waals surface area (Å²) in [6.07, 6.45) is 1.83. The normalized spacial score (nSPS) is 13.4. The lowest BCUT2D eigenvalue weighted by atomic mass is 9.98. The SMILES string of the molecule is CC(CC=O)c1cccc(F)c1S(C)(=O)=O. The molecule has 16 heavy (non-hydrogen) atoms. The van der Waals surface area contributed by atoms with E-state index in [1.807, 2.05) is 0 Å². The average molecular weight is 244 g/mol. The van der Waals surface area contributed by atoms with Crippen LogP contribution in [0.1, 0.15) is 24.8 Å². The van der Waals surface area contributed by atoms with E-state index in [1.54, 1.807) is 6.92 Å². The molecule has 0 N–H and O–H groups in total. The van der Waals surface area contributed by atoms with E-state index in [0.29, 0.717) is 11.8 Å². The molecule has 1 aromatic rings. The summed E-state index contributed by atoms with van der Waals surface area (Å²) in [6, 6.07) is 4.09. The van der Waals surface area contributed by atoms with Crippen molar-refractivity contribution in [2.45, 2.75) is 24.2 Å². The van der Waals surface area contributed by atoms with Crippen LogP contribution in [0.2, 0.25) is 0 Å². The summed E-state index contributed by atoms with van der Waals surface area (Å²) < 4.78 is 36.4. The van der Waals surface area contributed by atoms with Crippen LogP contribution in [0.25, 0.3) is 0 Å². The molecule has 0 fully saturated rings. The molecule has 0 heterocycles. The molecule has 0 spiro atoms. The van der Waals surface area contributed by atoms with E-state index in [1.165, 1.54) is 12.1 Å². The van der Waals surface area contributed by atoms with Crippen LogP contribution in [-0.4, -0.2) is 21.0 Å². The molecule has 0 bridgehead atoms. The van der Waals surface area contributed by atoms with Gasteiger partial charge in [0, 0.05) is 12.7 Å². The van der Waals surface area contributed by atoms with E-state index < -0.39 is 15.7 Å². The molecule has 5 heteroatoms. The first kappa shape index (κ1) is 12.8. The smallest absolute Gasteiger partial charge is 0.178 e. The number of sulfone groups is 1. The van der Waals surface area contributed by atoms with Crippen molar-refractivity contribution in [3.63, 3.8) is 0 Å². The van der Waals surface area contributed by atoms with Crippen LogP contribution in [0.3, 0.4) is 0 Å². The molecule has 0 aliphatic heterocycles. The summed E-state index contributed by atoms with van der Waals surface area (Å²) in [6.45, 7) is 1.69. The topological polar surface area (TPSA) is 51.2 Å². The standard InChI is InChI=1S/C11H13FO3S/c1-8(6-7-13)9-4-3-5-10(12)11(9)16(2,14)15/h3-5,7-8H,6H2,1-2H3. The predicted molar refractivity (Wildman–Crippen MR) is 58.6 cm³/mol. The van der Waals surface area contributed by atoms with Crippen LogP contribution in [0.15, 0.2) is 23.1 Å². The molecule has 0 radical (unpaired) electrons. The first-order valence-electron chi connectivity index (χ1n) is 4.80. The summed E-state index contributed by atoms with van der Waals surface area (Å²) in [5.41, 5.74) is 0.356. The second-order valence-corrected chi connectivity index (χ2v) is 5.69. The minimum Gasteiger partial charge on any atom is -0.303 e. The molecule has 1 unspecified atom stereocenters. The highest BCUT2D eigenvalue weighted by atomic mass is 32.2. The second-order valence-electron chi connectivity index (χ2n) is 3.73. The summed E-state index contributed by atoms with van der Waals surface area (Å²) in [7, 11) is -3.62. The summed E-state index contributed by atoms with van der Waals surface area (Å²) in [4.78, 5) is 10.1. The Bertz CT molecular complexity index is 494. The molecule has 0 aliphatic carbocycles. The number of rotatable bonds is 4.